The maximum atomic E-state index is 10.4. The fourth-order valence-electron chi connectivity index (χ4n) is 4.39. The normalized spacial score (nSPS) is 32.4. The molecule has 102 valence electrons. The van der Waals surface area contributed by atoms with Gasteiger partial charge in [-0.15, -0.1) is 0 Å². The molecule has 1 aromatic carbocycles. The minimum Gasteiger partial charge on any atom is -0.393 e. The van der Waals surface area contributed by atoms with Crippen LogP contribution in [0.2, 0.25) is 0 Å². The summed E-state index contributed by atoms with van der Waals surface area (Å²) in [7, 11) is 0. The first-order valence-corrected chi connectivity index (χ1v) is 7.17. The summed E-state index contributed by atoms with van der Waals surface area (Å²) in [6.07, 6.45) is 4.47. The van der Waals surface area contributed by atoms with Gasteiger partial charge in [0.05, 0.1) is 43.6 Å². The lowest BCUT2D eigenvalue weighted by atomic mass is 9.53. The highest BCUT2D eigenvalue weighted by Gasteiger charge is 2.62. The number of hydrogen-bond acceptors (Lipinski definition) is 3. The van der Waals surface area contributed by atoms with Crippen molar-refractivity contribution in [2.45, 2.75) is 18.6 Å². The van der Waals surface area contributed by atoms with Crippen molar-refractivity contribution in [1.29, 1.82) is 0 Å². The summed E-state index contributed by atoms with van der Waals surface area (Å²) in [6, 6.07) is 8.69. The first-order valence-electron chi connectivity index (χ1n) is 7.17. The van der Waals surface area contributed by atoms with Crippen molar-refractivity contribution in [3.05, 3.63) is 42.4 Å². The topological polar surface area (TPSA) is 47.3 Å². The van der Waals surface area contributed by atoms with Crippen molar-refractivity contribution in [2.24, 2.45) is 11.3 Å². The van der Waals surface area contributed by atoms with Gasteiger partial charge in [-0.1, -0.05) is 24.3 Å². The van der Waals surface area contributed by atoms with Crippen molar-refractivity contribution >= 4 is 0 Å². The monoisotopic (exact) mass is 268 g/mol. The van der Waals surface area contributed by atoms with E-state index in [-0.39, 0.29) is 23.5 Å². The highest BCUT2D eigenvalue weighted by atomic mass is 16.5. The summed E-state index contributed by atoms with van der Waals surface area (Å²) in [6.45, 7) is 1.58. The van der Waals surface area contributed by atoms with Gasteiger partial charge in [0.1, 0.15) is 0 Å². The summed E-state index contributed by atoms with van der Waals surface area (Å²) in [5, 5.41) is 10.4. The minimum atomic E-state index is -0.231. The number of benzene rings is 1. The second-order valence-corrected chi connectivity index (χ2v) is 6.37. The van der Waals surface area contributed by atoms with Gasteiger partial charge >= 0.3 is 0 Å². The SMILES string of the molecule is O[C@H]1CC2(COC2)[C@@H]1C1c2ccccc2-c2cncn21. The summed E-state index contributed by atoms with van der Waals surface area (Å²) < 4.78 is 7.67. The predicted octanol–water partition coefficient (Wildman–Crippen LogP) is 1.85. The van der Waals surface area contributed by atoms with E-state index in [2.05, 4.69) is 33.8 Å². The number of hydrogen-bond donors (Lipinski definition) is 1. The van der Waals surface area contributed by atoms with E-state index in [1.807, 2.05) is 12.5 Å². The third-order valence-electron chi connectivity index (χ3n) is 5.38. The average molecular weight is 268 g/mol. The summed E-state index contributed by atoms with van der Waals surface area (Å²) in [5.41, 5.74) is 3.92. The van der Waals surface area contributed by atoms with Crippen LogP contribution in [0, 0.1) is 11.3 Å². The van der Waals surface area contributed by atoms with E-state index in [0.717, 1.165) is 19.6 Å². The fraction of sp³-hybridized carbons (Fsp3) is 0.438. The largest absolute Gasteiger partial charge is 0.393 e. The third-order valence-corrected chi connectivity index (χ3v) is 5.38. The summed E-state index contributed by atoms with van der Waals surface area (Å²) in [4.78, 5) is 4.30. The standard InChI is InChI=1S/C16H16N2O2/c19-13-5-16(7-20-8-16)14(13)15-11-4-2-1-3-10(11)12-6-17-9-18(12)15/h1-4,6,9,13-15,19H,5,7-8H2/t13-,14-,15?/m0/s1. The number of imidazole rings is 1. The molecule has 2 fully saturated rings. The van der Waals surface area contributed by atoms with E-state index >= 15 is 0 Å². The van der Waals surface area contributed by atoms with Crippen LogP contribution in [0.5, 0.6) is 0 Å². The lowest BCUT2D eigenvalue weighted by Gasteiger charge is -2.60. The molecule has 4 heteroatoms. The number of nitrogens with zero attached hydrogens (tertiary/aromatic N) is 2. The molecule has 2 aliphatic heterocycles. The molecule has 1 N–H and O–H groups in total. The van der Waals surface area contributed by atoms with Crippen LogP contribution in [-0.2, 0) is 4.74 Å². The molecule has 1 spiro atoms. The predicted molar refractivity (Wildman–Crippen MR) is 73.2 cm³/mol. The van der Waals surface area contributed by atoms with Gasteiger partial charge in [0.25, 0.3) is 0 Å². The first-order chi connectivity index (χ1) is 9.80. The molecule has 20 heavy (non-hydrogen) atoms. The van der Waals surface area contributed by atoms with Crippen LogP contribution in [0.4, 0.5) is 0 Å². The Morgan fingerprint density at radius 2 is 2.15 bits per heavy atom. The molecule has 0 radical (unpaired) electrons. The Hall–Kier alpha value is -1.65. The lowest BCUT2D eigenvalue weighted by molar-refractivity contribution is -0.250. The number of aromatic nitrogens is 2. The Kier molecular flexibility index (Phi) is 1.94. The molecule has 1 aliphatic carbocycles. The van der Waals surface area contributed by atoms with E-state index in [4.69, 9.17) is 4.74 Å². The van der Waals surface area contributed by atoms with E-state index in [1.165, 1.54) is 16.8 Å². The molecule has 1 saturated heterocycles. The van der Waals surface area contributed by atoms with Crippen molar-refractivity contribution in [2.75, 3.05) is 13.2 Å². The molecule has 0 amide bonds. The van der Waals surface area contributed by atoms with Crippen LogP contribution in [0.1, 0.15) is 18.0 Å². The number of aliphatic hydroxyl groups excluding tert-OH is 1. The molecule has 0 bridgehead atoms. The quantitative estimate of drug-likeness (QED) is 0.858. The van der Waals surface area contributed by atoms with Gasteiger partial charge in [-0.05, 0) is 12.0 Å². The van der Waals surface area contributed by atoms with Gasteiger partial charge in [-0.3, -0.25) is 0 Å². The molecule has 3 heterocycles. The average Bonchev–Trinajstić information content (AvgIpc) is 2.97. The molecule has 4 nitrogen and oxygen atoms in total. The zero-order valence-corrected chi connectivity index (χ0v) is 11.1. The van der Waals surface area contributed by atoms with E-state index in [1.54, 1.807) is 0 Å². The molecule has 2 aromatic rings. The van der Waals surface area contributed by atoms with Crippen LogP contribution < -0.4 is 0 Å². The highest BCUT2D eigenvalue weighted by Crippen LogP contribution is 2.60. The zero-order valence-electron chi connectivity index (χ0n) is 11.1. The Balaban J connectivity index is 1.68. The van der Waals surface area contributed by atoms with Crippen LogP contribution >= 0.6 is 0 Å². The molecule has 1 saturated carbocycles. The van der Waals surface area contributed by atoms with Gasteiger partial charge in [0, 0.05) is 16.9 Å². The number of ether oxygens (including phenoxy) is 1. The maximum Gasteiger partial charge on any atom is 0.0956 e. The van der Waals surface area contributed by atoms with Gasteiger partial charge in [0.15, 0.2) is 0 Å². The molecule has 5 rings (SSSR count). The second-order valence-electron chi connectivity index (χ2n) is 6.37. The van der Waals surface area contributed by atoms with Crippen LogP contribution in [-0.4, -0.2) is 34.0 Å². The number of rotatable bonds is 1. The van der Waals surface area contributed by atoms with Crippen LogP contribution in [0.15, 0.2) is 36.8 Å². The molecule has 1 unspecified atom stereocenters. The maximum absolute atomic E-state index is 10.4. The molecule has 1 aromatic heterocycles. The van der Waals surface area contributed by atoms with Crippen molar-refractivity contribution in [3.8, 4) is 11.3 Å². The Bertz CT molecular complexity index is 689. The van der Waals surface area contributed by atoms with E-state index < -0.39 is 0 Å². The smallest absolute Gasteiger partial charge is 0.0956 e. The van der Waals surface area contributed by atoms with Gasteiger partial charge < -0.3 is 14.4 Å². The van der Waals surface area contributed by atoms with Gasteiger partial charge in [-0.2, -0.15) is 0 Å². The molecule has 3 atom stereocenters. The molecular weight excluding hydrogens is 252 g/mol. The third kappa shape index (κ3) is 1.13. The van der Waals surface area contributed by atoms with E-state index in [0.29, 0.717) is 0 Å². The van der Waals surface area contributed by atoms with Gasteiger partial charge in [-0.25, -0.2) is 4.98 Å². The Morgan fingerprint density at radius 1 is 1.30 bits per heavy atom. The van der Waals surface area contributed by atoms with Crippen molar-refractivity contribution in [3.63, 3.8) is 0 Å². The number of aliphatic hydroxyl groups is 1. The lowest BCUT2D eigenvalue weighted by Crippen LogP contribution is -2.64. The number of fused-ring (bicyclic) bond motifs is 3. The van der Waals surface area contributed by atoms with E-state index in [9.17, 15) is 5.11 Å². The Morgan fingerprint density at radius 3 is 2.90 bits per heavy atom. The van der Waals surface area contributed by atoms with Gasteiger partial charge in [0.2, 0.25) is 0 Å². The second kappa shape index (κ2) is 3.51. The Labute approximate surface area is 117 Å². The minimum absolute atomic E-state index is 0.184. The van der Waals surface area contributed by atoms with Crippen molar-refractivity contribution < 1.29 is 9.84 Å². The summed E-state index contributed by atoms with van der Waals surface area (Å²) in [5.74, 6) is 0.243. The first kappa shape index (κ1) is 11.1. The van der Waals surface area contributed by atoms with Crippen LogP contribution in [0.25, 0.3) is 11.3 Å². The fourth-order valence-corrected chi connectivity index (χ4v) is 4.39. The highest BCUT2D eigenvalue weighted by molar-refractivity contribution is 5.69. The van der Waals surface area contributed by atoms with Crippen LogP contribution in [0.3, 0.4) is 0 Å². The molecular formula is C16H16N2O2. The summed E-state index contributed by atoms with van der Waals surface area (Å²) >= 11 is 0. The zero-order chi connectivity index (χ0) is 13.3. The van der Waals surface area contributed by atoms with Crippen molar-refractivity contribution in [1.82, 2.24) is 9.55 Å². The molecule has 3 aliphatic rings.